The molecule has 4 aromatic rings. The number of carbonyl (C=O) groups is 2. The highest BCUT2D eigenvalue weighted by atomic mass is 35.5. The Hall–Kier alpha value is -3.80. The fourth-order valence-electron chi connectivity index (χ4n) is 3.24. The summed E-state index contributed by atoms with van der Waals surface area (Å²) in [7, 11) is -4.20. The van der Waals surface area contributed by atoms with Crippen LogP contribution in [-0.2, 0) is 10.0 Å². The third kappa shape index (κ3) is 5.88. The maximum absolute atomic E-state index is 13.0. The molecule has 1 heterocycles. The second-order valence-electron chi connectivity index (χ2n) is 7.56. The number of anilines is 2. The lowest BCUT2D eigenvalue weighted by Gasteiger charge is -2.16. The predicted octanol–water partition coefficient (Wildman–Crippen LogP) is 4.74. The van der Waals surface area contributed by atoms with Crippen molar-refractivity contribution in [3.63, 3.8) is 0 Å². The Labute approximate surface area is 216 Å². The van der Waals surface area contributed by atoms with E-state index in [4.69, 9.17) is 11.6 Å². The molecule has 2 amide bonds. The van der Waals surface area contributed by atoms with Gasteiger partial charge in [-0.25, -0.2) is 0 Å². The molecule has 4 rings (SSSR count). The van der Waals surface area contributed by atoms with E-state index >= 15 is 0 Å². The number of nitrogens with zero attached hydrogens (tertiary/aromatic N) is 2. The second kappa shape index (κ2) is 10.9. The molecule has 0 aliphatic rings. The third-order valence-corrected chi connectivity index (χ3v) is 7.94. The van der Waals surface area contributed by atoms with Crippen molar-refractivity contribution in [3.05, 3.63) is 101 Å². The van der Waals surface area contributed by atoms with Crippen LogP contribution in [0.15, 0.2) is 83.2 Å². The molecule has 0 aliphatic heterocycles. The topological polar surface area (TPSA) is 130 Å². The summed E-state index contributed by atoms with van der Waals surface area (Å²) in [6.07, 6.45) is 0. The molecule has 0 spiro atoms. The van der Waals surface area contributed by atoms with Crippen LogP contribution in [0.5, 0.6) is 0 Å². The largest absolute Gasteiger partial charge is 0.345 e. The molecule has 1 atom stereocenters. The van der Waals surface area contributed by atoms with Crippen LogP contribution in [0, 0.1) is 0 Å². The van der Waals surface area contributed by atoms with Crippen molar-refractivity contribution in [1.29, 1.82) is 0 Å². The molecular weight excluding hydrogens is 522 g/mol. The molecule has 9 nitrogen and oxygen atoms in total. The average molecular weight is 542 g/mol. The fourth-order valence-corrected chi connectivity index (χ4v) is 5.43. The Bertz CT molecular complexity index is 1510. The molecule has 184 valence electrons. The Balaban J connectivity index is 1.49. The van der Waals surface area contributed by atoms with Crippen molar-refractivity contribution in [1.82, 2.24) is 15.5 Å². The smallest absolute Gasteiger partial charge is 0.291 e. The van der Waals surface area contributed by atoms with Crippen LogP contribution in [0.25, 0.3) is 0 Å². The SMILES string of the molecule is C[C@@H](NC(=O)c1ccccc1NS(=O)(=O)c1nnc(NC(=O)c2ccccc2Cl)s1)c1ccccc1. The van der Waals surface area contributed by atoms with Gasteiger partial charge in [0.2, 0.25) is 5.13 Å². The van der Waals surface area contributed by atoms with E-state index in [9.17, 15) is 18.0 Å². The second-order valence-corrected chi connectivity index (χ2v) is 10.8. The van der Waals surface area contributed by atoms with Gasteiger partial charge in [0.05, 0.1) is 27.9 Å². The Morgan fingerprint density at radius 3 is 2.22 bits per heavy atom. The van der Waals surface area contributed by atoms with Crippen LogP contribution < -0.4 is 15.4 Å². The molecule has 1 aromatic heterocycles. The normalized spacial score (nSPS) is 11.9. The minimum absolute atomic E-state index is 0.0250. The van der Waals surface area contributed by atoms with E-state index in [1.807, 2.05) is 37.3 Å². The zero-order valence-electron chi connectivity index (χ0n) is 18.8. The highest BCUT2D eigenvalue weighted by Crippen LogP contribution is 2.26. The van der Waals surface area contributed by atoms with E-state index in [0.717, 1.165) is 5.56 Å². The molecule has 0 bridgehead atoms. The number of amides is 2. The lowest BCUT2D eigenvalue weighted by atomic mass is 10.1. The lowest BCUT2D eigenvalue weighted by Crippen LogP contribution is -2.28. The fraction of sp³-hybridized carbons (Fsp3) is 0.0833. The minimum Gasteiger partial charge on any atom is -0.345 e. The summed E-state index contributed by atoms with van der Waals surface area (Å²) in [4.78, 5) is 25.4. The van der Waals surface area contributed by atoms with Crippen LogP contribution >= 0.6 is 22.9 Å². The van der Waals surface area contributed by atoms with Crippen LogP contribution in [0.3, 0.4) is 0 Å². The van der Waals surface area contributed by atoms with E-state index in [-0.39, 0.29) is 37.3 Å². The average Bonchev–Trinajstić information content (AvgIpc) is 3.34. The molecule has 0 aliphatic carbocycles. The summed E-state index contributed by atoms with van der Waals surface area (Å²) in [5, 5.41) is 13.0. The first-order valence-corrected chi connectivity index (χ1v) is 13.3. The number of halogens is 1. The molecule has 0 fully saturated rings. The van der Waals surface area contributed by atoms with Gasteiger partial charge in [-0.15, -0.1) is 10.2 Å². The van der Waals surface area contributed by atoms with Crippen molar-refractivity contribution >= 4 is 55.6 Å². The zero-order valence-corrected chi connectivity index (χ0v) is 21.2. The highest BCUT2D eigenvalue weighted by molar-refractivity contribution is 7.94. The Morgan fingerprint density at radius 1 is 0.861 bits per heavy atom. The Kier molecular flexibility index (Phi) is 7.63. The van der Waals surface area contributed by atoms with E-state index in [2.05, 4.69) is 25.6 Å². The highest BCUT2D eigenvalue weighted by Gasteiger charge is 2.24. The summed E-state index contributed by atoms with van der Waals surface area (Å²) in [5.74, 6) is -1.00. The molecular formula is C24H20ClN5O4S2. The van der Waals surface area contributed by atoms with Crippen molar-refractivity contribution in [2.45, 2.75) is 17.3 Å². The van der Waals surface area contributed by atoms with Crippen LogP contribution in [0.2, 0.25) is 5.02 Å². The van der Waals surface area contributed by atoms with E-state index in [1.165, 1.54) is 18.2 Å². The zero-order chi connectivity index (χ0) is 25.7. The maximum Gasteiger partial charge on any atom is 0.291 e. The quantitative estimate of drug-likeness (QED) is 0.276. The number of rotatable bonds is 8. The number of benzene rings is 3. The first-order valence-electron chi connectivity index (χ1n) is 10.6. The van der Waals surface area contributed by atoms with Gasteiger partial charge in [0.15, 0.2) is 0 Å². The van der Waals surface area contributed by atoms with Gasteiger partial charge >= 0.3 is 0 Å². The number of nitrogens with one attached hydrogen (secondary N) is 3. The summed E-state index contributed by atoms with van der Waals surface area (Å²) < 4.78 is 28.0. The van der Waals surface area contributed by atoms with Gasteiger partial charge in [-0.1, -0.05) is 77.5 Å². The summed E-state index contributed by atoms with van der Waals surface area (Å²) in [6.45, 7) is 1.83. The minimum atomic E-state index is -4.20. The van der Waals surface area contributed by atoms with Crippen molar-refractivity contribution in [2.75, 3.05) is 10.0 Å². The van der Waals surface area contributed by atoms with Gasteiger partial charge in [0.1, 0.15) is 0 Å². The van der Waals surface area contributed by atoms with Gasteiger partial charge in [-0.05, 0) is 36.8 Å². The van der Waals surface area contributed by atoms with Gasteiger partial charge in [0.25, 0.3) is 26.2 Å². The van der Waals surface area contributed by atoms with Gasteiger partial charge < -0.3 is 5.32 Å². The number of carbonyl (C=O) groups excluding carboxylic acids is 2. The molecule has 0 saturated heterocycles. The van der Waals surface area contributed by atoms with E-state index in [0.29, 0.717) is 11.3 Å². The molecule has 0 unspecified atom stereocenters. The standard InChI is InChI=1S/C24H20ClN5O4S2/c1-15(16-9-3-2-4-10-16)26-22(32)18-12-6-8-14-20(18)30-36(33,34)24-29-28-23(35-24)27-21(31)17-11-5-7-13-19(17)25/h2-15,30H,1H3,(H,26,32)(H,27,28,31)/t15-/m1/s1. The van der Waals surface area contributed by atoms with E-state index < -0.39 is 21.8 Å². The summed E-state index contributed by atoms with van der Waals surface area (Å²) >= 11 is 6.69. The first kappa shape index (κ1) is 25.3. The number of hydrogen-bond donors (Lipinski definition) is 3. The molecule has 3 aromatic carbocycles. The Morgan fingerprint density at radius 2 is 1.50 bits per heavy atom. The number of aromatic nitrogens is 2. The maximum atomic E-state index is 13.0. The molecule has 0 radical (unpaired) electrons. The molecule has 36 heavy (non-hydrogen) atoms. The predicted molar refractivity (Wildman–Crippen MR) is 139 cm³/mol. The summed E-state index contributed by atoms with van der Waals surface area (Å²) in [5.41, 5.74) is 1.33. The number of sulfonamides is 1. The first-order chi connectivity index (χ1) is 17.2. The van der Waals surface area contributed by atoms with Crippen LogP contribution in [0.4, 0.5) is 10.8 Å². The molecule has 3 N–H and O–H groups in total. The third-order valence-electron chi connectivity index (χ3n) is 5.04. The van der Waals surface area contributed by atoms with Gasteiger partial charge in [0, 0.05) is 0 Å². The number of para-hydroxylation sites is 1. The van der Waals surface area contributed by atoms with Gasteiger partial charge in [-0.3, -0.25) is 19.6 Å². The summed E-state index contributed by atoms with van der Waals surface area (Å²) in [6, 6.07) is 21.7. The number of hydrogen-bond acceptors (Lipinski definition) is 7. The van der Waals surface area contributed by atoms with Crippen LogP contribution in [0.1, 0.15) is 39.2 Å². The van der Waals surface area contributed by atoms with Crippen molar-refractivity contribution in [2.24, 2.45) is 0 Å². The van der Waals surface area contributed by atoms with Crippen molar-refractivity contribution in [3.8, 4) is 0 Å². The van der Waals surface area contributed by atoms with Crippen molar-refractivity contribution < 1.29 is 18.0 Å². The molecule has 0 saturated carbocycles. The monoisotopic (exact) mass is 541 g/mol. The molecule has 12 heteroatoms. The lowest BCUT2D eigenvalue weighted by molar-refractivity contribution is 0.0940. The van der Waals surface area contributed by atoms with Crippen LogP contribution in [-0.4, -0.2) is 30.4 Å². The van der Waals surface area contributed by atoms with Gasteiger partial charge in [-0.2, -0.15) is 8.42 Å². The van der Waals surface area contributed by atoms with E-state index in [1.54, 1.807) is 30.3 Å².